The van der Waals surface area contributed by atoms with Gasteiger partial charge in [-0.15, -0.1) is 0 Å². The van der Waals surface area contributed by atoms with Crippen molar-refractivity contribution in [3.63, 3.8) is 0 Å². The molecule has 0 unspecified atom stereocenters. The summed E-state index contributed by atoms with van der Waals surface area (Å²) >= 11 is 0. The predicted octanol–water partition coefficient (Wildman–Crippen LogP) is 3.13. The fourth-order valence-electron chi connectivity index (χ4n) is 2.09. The normalized spacial score (nSPS) is 16.3. The molecule has 0 saturated carbocycles. The zero-order chi connectivity index (χ0) is 18.9. The molecule has 0 saturated heterocycles. The molecule has 0 amide bonds. The van der Waals surface area contributed by atoms with Gasteiger partial charge in [0.1, 0.15) is 0 Å². The van der Waals surface area contributed by atoms with E-state index in [0.717, 1.165) is 25.7 Å². The first-order chi connectivity index (χ1) is 12.0. The second-order valence-corrected chi connectivity index (χ2v) is 5.95. The Morgan fingerprint density at radius 1 is 0.840 bits per heavy atom. The minimum atomic E-state index is -1.01. The van der Waals surface area contributed by atoms with Gasteiger partial charge in [-0.2, -0.15) is 0 Å². The maximum Gasteiger partial charge on any atom is 0.303 e. The highest BCUT2D eigenvalue weighted by Gasteiger charge is 2.12. The lowest BCUT2D eigenvalue weighted by molar-refractivity contribution is -0.137. The van der Waals surface area contributed by atoms with E-state index in [-0.39, 0.29) is 12.8 Å². The Hall–Kier alpha value is -1.69. The Labute approximate surface area is 150 Å². The third-order valence-corrected chi connectivity index (χ3v) is 3.59. The first kappa shape index (κ1) is 23.3. The number of rotatable bonds is 14. The van der Waals surface area contributed by atoms with Crippen LogP contribution in [-0.4, -0.2) is 44.7 Å². The zero-order valence-corrected chi connectivity index (χ0v) is 15.0. The summed E-state index contributed by atoms with van der Waals surface area (Å²) in [6.45, 7) is 2.13. The molecule has 0 aliphatic rings. The van der Waals surface area contributed by atoms with Crippen molar-refractivity contribution in [1.29, 1.82) is 0 Å². The van der Waals surface area contributed by atoms with Crippen molar-refractivity contribution < 1.29 is 25.2 Å². The average Bonchev–Trinajstić information content (AvgIpc) is 2.56. The highest BCUT2D eigenvalue weighted by molar-refractivity contribution is 5.66. The number of hydrogen-bond donors (Lipinski definition) is 4. The topological polar surface area (TPSA) is 98.0 Å². The van der Waals surface area contributed by atoms with Crippen LogP contribution in [0.1, 0.15) is 51.9 Å². The molecule has 0 aliphatic heterocycles. The molecule has 5 heteroatoms. The van der Waals surface area contributed by atoms with Crippen LogP contribution in [0.15, 0.2) is 48.6 Å². The van der Waals surface area contributed by atoms with Crippen LogP contribution in [-0.2, 0) is 4.79 Å². The molecule has 0 spiro atoms. The fraction of sp³-hybridized carbons (Fsp3) is 0.550. The quantitative estimate of drug-likeness (QED) is 0.284. The van der Waals surface area contributed by atoms with Gasteiger partial charge < -0.3 is 20.4 Å². The molecule has 0 fully saturated rings. The predicted molar refractivity (Wildman–Crippen MR) is 100 cm³/mol. The van der Waals surface area contributed by atoms with E-state index in [0.29, 0.717) is 6.42 Å². The van der Waals surface area contributed by atoms with Crippen molar-refractivity contribution in [3.05, 3.63) is 48.6 Å². The number of hydrogen-bond acceptors (Lipinski definition) is 4. The van der Waals surface area contributed by atoms with Crippen LogP contribution in [0.4, 0.5) is 0 Å². The third-order valence-electron chi connectivity index (χ3n) is 3.59. The molecule has 0 radical (unpaired) electrons. The van der Waals surface area contributed by atoms with E-state index in [4.69, 9.17) is 5.11 Å². The number of unbranched alkanes of at least 4 members (excludes halogenated alkanes) is 2. The molecule has 3 atom stereocenters. The van der Waals surface area contributed by atoms with Gasteiger partial charge in [0.15, 0.2) is 0 Å². The van der Waals surface area contributed by atoms with Gasteiger partial charge in [-0.3, -0.25) is 4.79 Å². The monoisotopic (exact) mass is 352 g/mol. The number of aliphatic carboxylic acids is 1. The van der Waals surface area contributed by atoms with Crippen molar-refractivity contribution in [3.8, 4) is 0 Å². The summed E-state index contributed by atoms with van der Waals surface area (Å²) in [6, 6.07) is 0. The molecule has 0 aliphatic carbocycles. The fourth-order valence-corrected chi connectivity index (χ4v) is 2.09. The summed E-state index contributed by atoms with van der Waals surface area (Å²) in [5, 5.41) is 37.6. The lowest BCUT2D eigenvalue weighted by Gasteiger charge is -2.13. The van der Waals surface area contributed by atoms with E-state index in [1.165, 1.54) is 6.08 Å². The van der Waals surface area contributed by atoms with E-state index in [9.17, 15) is 20.1 Å². The summed E-state index contributed by atoms with van der Waals surface area (Å²) in [6.07, 6.45) is 16.0. The van der Waals surface area contributed by atoms with E-state index >= 15 is 0 Å². The number of carbonyl (C=O) groups is 1. The van der Waals surface area contributed by atoms with Gasteiger partial charge >= 0.3 is 5.97 Å². The maximum atomic E-state index is 10.4. The smallest absolute Gasteiger partial charge is 0.303 e. The summed E-state index contributed by atoms with van der Waals surface area (Å²) in [5.41, 5.74) is 0. The van der Waals surface area contributed by atoms with Crippen molar-refractivity contribution in [2.45, 2.75) is 70.2 Å². The van der Waals surface area contributed by atoms with E-state index < -0.39 is 24.3 Å². The zero-order valence-electron chi connectivity index (χ0n) is 15.0. The Kier molecular flexibility index (Phi) is 14.7. The molecule has 25 heavy (non-hydrogen) atoms. The molecule has 0 bridgehead atoms. The van der Waals surface area contributed by atoms with Crippen LogP contribution >= 0.6 is 0 Å². The molecule has 0 heterocycles. The second kappa shape index (κ2) is 15.8. The largest absolute Gasteiger partial charge is 0.481 e. The minimum Gasteiger partial charge on any atom is -0.481 e. The lowest BCUT2D eigenvalue weighted by atomic mass is 10.1. The third kappa shape index (κ3) is 15.6. The number of aliphatic hydroxyl groups excluding tert-OH is 3. The first-order valence-electron chi connectivity index (χ1n) is 8.91. The Bertz CT molecular complexity index is 451. The summed E-state index contributed by atoms with van der Waals surface area (Å²) in [5.74, 6) is -0.908. The van der Waals surface area contributed by atoms with Gasteiger partial charge in [-0.1, -0.05) is 74.8 Å². The van der Waals surface area contributed by atoms with Crippen LogP contribution in [0, 0.1) is 0 Å². The van der Waals surface area contributed by atoms with Crippen molar-refractivity contribution in [2.75, 3.05) is 0 Å². The molecular formula is C20H32O5. The van der Waals surface area contributed by atoms with Gasteiger partial charge in [-0.25, -0.2) is 0 Å². The van der Waals surface area contributed by atoms with E-state index in [1.807, 2.05) is 6.08 Å². The summed E-state index contributed by atoms with van der Waals surface area (Å²) in [7, 11) is 0. The molecule has 0 rings (SSSR count). The van der Waals surface area contributed by atoms with Crippen LogP contribution in [0.2, 0.25) is 0 Å². The Morgan fingerprint density at radius 2 is 1.44 bits per heavy atom. The van der Waals surface area contributed by atoms with Crippen LogP contribution in [0.25, 0.3) is 0 Å². The molecule has 0 aromatic rings. The van der Waals surface area contributed by atoms with Crippen molar-refractivity contribution in [2.24, 2.45) is 0 Å². The lowest BCUT2D eigenvalue weighted by Crippen LogP contribution is -2.23. The summed E-state index contributed by atoms with van der Waals surface area (Å²) in [4.78, 5) is 10.4. The second-order valence-electron chi connectivity index (χ2n) is 5.95. The molecule has 0 aromatic carbocycles. The van der Waals surface area contributed by atoms with E-state index in [1.54, 1.807) is 36.5 Å². The standard InChI is InChI=1S/C20H32O5/c1-2-3-8-12-17(21)13-9-6-4-5-7-10-14-18(22)19(23)15-11-16-20(24)25/h4-7,9-10,13-14,17-19,21-23H,2-3,8,11-12,15-16H2,1H3,(H,24,25)/b6-4?,7-5+,13-9?,14-10+/t17-,18+,19-/m0/s1. The number of allylic oxidation sites excluding steroid dienone is 6. The highest BCUT2D eigenvalue weighted by Crippen LogP contribution is 2.06. The van der Waals surface area contributed by atoms with Crippen molar-refractivity contribution >= 4 is 5.97 Å². The number of aliphatic hydroxyl groups is 3. The first-order valence-corrected chi connectivity index (χ1v) is 8.91. The maximum absolute atomic E-state index is 10.4. The van der Waals surface area contributed by atoms with Crippen LogP contribution < -0.4 is 0 Å². The summed E-state index contributed by atoms with van der Waals surface area (Å²) < 4.78 is 0. The van der Waals surface area contributed by atoms with Crippen LogP contribution in [0.3, 0.4) is 0 Å². The minimum absolute atomic E-state index is 0.0149. The molecule has 5 nitrogen and oxygen atoms in total. The number of carboxylic acid groups (broad SMARTS) is 1. The molecule has 142 valence electrons. The van der Waals surface area contributed by atoms with Crippen LogP contribution in [0.5, 0.6) is 0 Å². The molecule has 4 N–H and O–H groups in total. The SMILES string of the molecule is CCCCC[C@H](O)C=CC=C/C=C/C=C/[C@@H](O)[C@@H](O)CCCC(=O)O. The highest BCUT2D eigenvalue weighted by atomic mass is 16.4. The number of carboxylic acids is 1. The van der Waals surface area contributed by atoms with E-state index in [2.05, 4.69) is 6.92 Å². The molecular weight excluding hydrogens is 320 g/mol. The van der Waals surface area contributed by atoms with Gasteiger partial charge in [-0.05, 0) is 19.3 Å². The van der Waals surface area contributed by atoms with Gasteiger partial charge in [0.05, 0.1) is 18.3 Å². The van der Waals surface area contributed by atoms with Gasteiger partial charge in [0.25, 0.3) is 0 Å². The van der Waals surface area contributed by atoms with Crippen molar-refractivity contribution in [1.82, 2.24) is 0 Å². The average molecular weight is 352 g/mol. The Balaban J connectivity index is 3.97. The Morgan fingerprint density at radius 3 is 2.04 bits per heavy atom. The van der Waals surface area contributed by atoms with Gasteiger partial charge in [0.2, 0.25) is 0 Å². The van der Waals surface area contributed by atoms with Gasteiger partial charge in [0, 0.05) is 6.42 Å². The molecule has 0 aromatic heterocycles.